The maximum absolute atomic E-state index is 12.8. The lowest BCUT2D eigenvalue weighted by Crippen LogP contribution is -2.31. The molecule has 2 aromatic heterocycles. The van der Waals surface area contributed by atoms with E-state index in [0.717, 1.165) is 40.7 Å². The maximum Gasteiger partial charge on any atom is 0.256 e. The number of carbonyl (C=O) groups excluding carboxylic acids is 1. The average Bonchev–Trinajstić information content (AvgIpc) is 3.20. The lowest BCUT2D eigenvalue weighted by atomic mass is 10.2. The second-order valence-corrected chi connectivity index (χ2v) is 6.60. The fraction of sp³-hybridized carbons (Fsp3) is 0.235. The quantitative estimate of drug-likeness (QED) is 0.747. The number of nitrogens with zero attached hydrogens (tertiary/aromatic N) is 3. The number of H-pyrrole nitrogens is 1. The summed E-state index contributed by atoms with van der Waals surface area (Å²) in [6.07, 6.45) is 5.19. The van der Waals surface area contributed by atoms with Gasteiger partial charge in [-0.25, -0.2) is 4.98 Å². The van der Waals surface area contributed by atoms with Crippen LogP contribution in [-0.2, 0) is 0 Å². The van der Waals surface area contributed by atoms with E-state index in [-0.39, 0.29) is 11.9 Å². The van der Waals surface area contributed by atoms with Crippen molar-refractivity contribution in [2.75, 3.05) is 6.54 Å². The molecule has 0 aliphatic carbocycles. The third kappa shape index (κ3) is 2.63. The highest BCUT2D eigenvalue weighted by Crippen LogP contribution is 2.32. The van der Waals surface area contributed by atoms with Gasteiger partial charge < -0.3 is 9.88 Å². The minimum atomic E-state index is -0.00567. The summed E-state index contributed by atoms with van der Waals surface area (Å²) in [5.41, 5.74) is 2.54. The van der Waals surface area contributed by atoms with Crippen LogP contribution < -0.4 is 0 Å². The first-order valence-electron chi connectivity index (χ1n) is 7.58. The van der Waals surface area contributed by atoms with Gasteiger partial charge in [0, 0.05) is 23.4 Å². The van der Waals surface area contributed by atoms with E-state index in [9.17, 15) is 4.79 Å². The summed E-state index contributed by atoms with van der Waals surface area (Å²) >= 11 is 3.37. The summed E-state index contributed by atoms with van der Waals surface area (Å²) in [5.74, 6) is 0.863. The molecule has 1 amide bonds. The van der Waals surface area contributed by atoms with Gasteiger partial charge in [-0.2, -0.15) is 0 Å². The molecule has 0 radical (unpaired) electrons. The minimum absolute atomic E-state index is 0.00163. The smallest absolute Gasteiger partial charge is 0.256 e. The zero-order valence-electron chi connectivity index (χ0n) is 12.4. The number of aromatic amines is 1. The highest BCUT2D eigenvalue weighted by molar-refractivity contribution is 9.10. The van der Waals surface area contributed by atoms with Crippen LogP contribution in [0.25, 0.3) is 11.0 Å². The number of rotatable bonds is 2. The Labute approximate surface area is 141 Å². The van der Waals surface area contributed by atoms with Crippen LogP contribution in [0.15, 0.2) is 47.2 Å². The Morgan fingerprint density at radius 3 is 3.00 bits per heavy atom. The molecule has 0 unspecified atom stereocenters. The zero-order chi connectivity index (χ0) is 15.8. The highest BCUT2D eigenvalue weighted by Gasteiger charge is 2.32. The summed E-state index contributed by atoms with van der Waals surface area (Å²) in [6, 6.07) is 9.74. The van der Waals surface area contributed by atoms with Crippen molar-refractivity contribution in [1.82, 2.24) is 19.9 Å². The molecule has 1 aliphatic rings. The Hall–Kier alpha value is -2.21. The van der Waals surface area contributed by atoms with Crippen molar-refractivity contribution in [3.8, 4) is 0 Å². The van der Waals surface area contributed by atoms with E-state index in [4.69, 9.17) is 0 Å². The molecule has 3 heterocycles. The molecule has 5 nitrogen and oxygen atoms in total. The first kappa shape index (κ1) is 14.4. The number of imidazole rings is 1. The molecule has 1 N–H and O–H groups in total. The number of nitrogens with one attached hydrogen (secondary N) is 1. The zero-order valence-corrected chi connectivity index (χ0v) is 14.0. The molecule has 0 bridgehead atoms. The molecule has 23 heavy (non-hydrogen) atoms. The maximum atomic E-state index is 12.8. The van der Waals surface area contributed by atoms with Crippen LogP contribution in [-0.4, -0.2) is 32.3 Å². The summed E-state index contributed by atoms with van der Waals surface area (Å²) in [6.45, 7) is 0.743. The van der Waals surface area contributed by atoms with E-state index in [1.165, 1.54) is 0 Å². The molecule has 1 aromatic carbocycles. The molecular formula is C17H15BrN4O. The molecule has 4 rings (SSSR count). The summed E-state index contributed by atoms with van der Waals surface area (Å²) in [5, 5.41) is 0. The van der Waals surface area contributed by atoms with Crippen molar-refractivity contribution < 1.29 is 4.79 Å². The molecule has 0 spiro atoms. The van der Waals surface area contributed by atoms with E-state index in [0.29, 0.717) is 5.56 Å². The fourth-order valence-corrected chi connectivity index (χ4v) is 3.48. The largest absolute Gasteiger partial charge is 0.340 e. The summed E-state index contributed by atoms with van der Waals surface area (Å²) in [4.78, 5) is 26.8. The van der Waals surface area contributed by atoms with Gasteiger partial charge in [0.25, 0.3) is 5.91 Å². The van der Waals surface area contributed by atoms with E-state index in [1.807, 2.05) is 35.2 Å². The number of aromatic nitrogens is 3. The average molecular weight is 371 g/mol. The number of fused-ring (bicyclic) bond motifs is 1. The van der Waals surface area contributed by atoms with E-state index >= 15 is 0 Å². The summed E-state index contributed by atoms with van der Waals surface area (Å²) in [7, 11) is 0. The Bertz CT molecular complexity index is 843. The number of amides is 1. The number of benzene rings is 1. The molecule has 116 valence electrons. The van der Waals surface area contributed by atoms with Crippen LogP contribution in [0.4, 0.5) is 0 Å². The molecule has 0 saturated carbocycles. The first-order valence-corrected chi connectivity index (χ1v) is 8.38. The minimum Gasteiger partial charge on any atom is -0.340 e. The van der Waals surface area contributed by atoms with Crippen molar-refractivity contribution in [1.29, 1.82) is 0 Å². The van der Waals surface area contributed by atoms with Gasteiger partial charge in [0.2, 0.25) is 0 Å². The molecule has 1 fully saturated rings. The van der Waals surface area contributed by atoms with Gasteiger partial charge in [-0.15, -0.1) is 0 Å². The van der Waals surface area contributed by atoms with Gasteiger partial charge in [-0.1, -0.05) is 12.1 Å². The van der Waals surface area contributed by atoms with Crippen molar-refractivity contribution >= 4 is 32.9 Å². The number of para-hydroxylation sites is 2. The van der Waals surface area contributed by atoms with Crippen LogP contribution in [0.5, 0.6) is 0 Å². The topological polar surface area (TPSA) is 61.9 Å². The van der Waals surface area contributed by atoms with Crippen molar-refractivity contribution in [2.45, 2.75) is 18.9 Å². The Morgan fingerprint density at radius 2 is 2.17 bits per heavy atom. The van der Waals surface area contributed by atoms with Gasteiger partial charge >= 0.3 is 0 Å². The number of carbonyl (C=O) groups is 1. The number of halogens is 1. The first-order chi connectivity index (χ1) is 11.2. The van der Waals surface area contributed by atoms with Gasteiger partial charge in [0.05, 0.1) is 22.6 Å². The fourth-order valence-electron chi connectivity index (χ4n) is 3.12. The van der Waals surface area contributed by atoms with Crippen LogP contribution in [0.1, 0.15) is 35.1 Å². The normalized spacial score (nSPS) is 17.8. The van der Waals surface area contributed by atoms with Crippen LogP contribution in [0.3, 0.4) is 0 Å². The van der Waals surface area contributed by atoms with Crippen LogP contribution >= 0.6 is 15.9 Å². The Balaban J connectivity index is 1.67. The van der Waals surface area contributed by atoms with Gasteiger partial charge in [-0.05, 0) is 47.0 Å². The summed E-state index contributed by atoms with van der Waals surface area (Å²) < 4.78 is 0.808. The highest BCUT2D eigenvalue weighted by atomic mass is 79.9. The molecule has 1 aliphatic heterocycles. The van der Waals surface area contributed by atoms with Crippen molar-refractivity contribution in [3.63, 3.8) is 0 Å². The number of pyridine rings is 1. The van der Waals surface area contributed by atoms with Crippen LogP contribution in [0, 0.1) is 0 Å². The predicted molar refractivity (Wildman–Crippen MR) is 91.0 cm³/mol. The second-order valence-electron chi connectivity index (χ2n) is 5.69. The van der Waals surface area contributed by atoms with E-state index in [1.54, 1.807) is 12.4 Å². The number of likely N-dealkylation sites (tertiary alicyclic amines) is 1. The van der Waals surface area contributed by atoms with Gasteiger partial charge in [0.1, 0.15) is 5.82 Å². The monoisotopic (exact) mass is 370 g/mol. The molecule has 1 atom stereocenters. The Morgan fingerprint density at radius 1 is 1.30 bits per heavy atom. The lowest BCUT2D eigenvalue weighted by Gasteiger charge is -2.23. The molecular weight excluding hydrogens is 356 g/mol. The SMILES string of the molecule is O=C(c1cncc(Br)c1)N1CCC[C@H]1c1nc2ccccc2[nH]1. The molecule has 3 aromatic rings. The lowest BCUT2D eigenvalue weighted by molar-refractivity contribution is 0.0730. The van der Waals surface area contributed by atoms with Crippen molar-refractivity contribution in [3.05, 3.63) is 58.6 Å². The predicted octanol–water partition coefficient (Wildman–Crippen LogP) is 3.70. The van der Waals surface area contributed by atoms with Crippen molar-refractivity contribution in [2.24, 2.45) is 0 Å². The third-order valence-corrected chi connectivity index (χ3v) is 4.62. The Kier molecular flexibility index (Phi) is 3.61. The van der Waals surface area contributed by atoms with E-state index in [2.05, 4.69) is 30.9 Å². The van der Waals surface area contributed by atoms with Gasteiger partial charge in [-0.3, -0.25) is 9.78 Å². The third-order valence-electron chi connectivity index (χ3n) is 4.19. The second kappa shape index (κ2) is 5.77. The van der Waals surface area contributed by atoms with E-state index < -0.39 is 0 Å². The van der Waals surface area contributed by atoms with Crippen LogP contribution in [0.2, 0.25) is 0 Å². The molecule has 6 heteroatoms. The number of hydrogen-bond acceptors (Lipinski definition) is 3. The molecule has 1 saturated heterocycles. The standard InChI is InChI=1S/C17H15BrN4O/c18-12-8-11(9-19-10-12)17(23)22-7-3-6-15(22)16-20-13-4-1-2-5-14(13)21-16/h1-2,4-5,8-10,15H,3,6-7H2,(H,20,21)/t15-/m0/s1. The van der Waals surface area contributed by atoms with Gasteiger partial charge in [0.15, 0.2) is 0 Å². The number of hydrogen-bond donors (Lipinski definition) is 1.